The topological polar surface area (TPSA) is 63.8 Å². The highest BCUT2D eigenvalue weighted by Gasteiger charge is 2.03. The number of methoxy groups -OCH3 is 1. The number of rotatable bonds is 4. The van der Waals surface area contributed by atoms with Gasteiger partial charge in [-0.1, -0.05) is 0 Å². The van der Waals surface area contributed by atoms with Crippen molar-refractivity contribution in [3.63, 3.8) is 0 Å². The summed E-state index contributed by atoms with van der Waals surface area (Å²) in [4.78, 5) is 11.7. The number of hydrogen-bond donors (Lipinski definition) is 1. The summed E-state index contributed by atoms with van der Waals surface area (Å²) < 4.78 is 10.0. The Morgan fingerprint density at radius 2 is 2.11 bits per heavy atom. The van der Waals surface area contributed by atoms with Crippen LogP contribution >= 0.6 is 0 Å². The van der Waals surface area contributed by atoms with E-state index < -0.39 is 0 Å². The highest BCUT2D eigenvalue weighted by Crippen LogP contribution is 2.10. The van der Waals surface area contributed by atoms with Gasteiger partial charge in [-0.25, -0.2) is 5.43 Å². The highest BCUT2D eigenvalue weighted by molar-refractivity contribution is 5.94. The van der Waals surface area contributed by atoms with Gasteiger partial charge in [-0.05, 0) is 36.4 Å². The van der Waals surface area contributed by atoms with E-state index in [1.165, 1.54) is 12.5 Å². The molecule has 0 bridgehead atoms. The molecular weight excluding hydrogens is 232 g/mol. The molecule has 5 heteroatoms. The molecule has 0 aliphatic rings. The fourth-order valence-corrected chi connectivity index (χ4v) is 1.33. The molecule has 1 heterocycles. The zero-order valence-corrected chi connectivity index (χ0v) is 9.79. The second kappa shape index (κ2) is 5.67. The van der Waals surface area contributed by atoms with Gasteiger partial charge in [0.1, 0.15) is 11.5 Å². The monoisotopic (exact) mass is 244 g/mol. The van der Waals surface area contributed by atoms with Crippen molar-refractivity contribution in [2.75, 3.05) is 7.11 Å². The molecule has 0 saturated carbocycles. The molecule has 0 radical (unpaired) electrons. The largest absolute Gasteiger partial charge is 0.497 e. The van der Waals surface area contributed by atoms with Gasteiger partial charge in [0.2, 0.25) is 0 Å². The minimum Gasteiger partial charge on any atom is -0.497 e. The van der Waals surface area contributed by atoms with E-state index in [0.29, 0.717) is 17.1 Å². The van der Waals surface area contributed by atoms with Crippen LogP contribution in [0.25, 0.3) is 0 Å². The van der Waals surface area contributed by atoms with Gasteiger partial charge in [0.05, 0.1) is 19.6 Å². The molecule has 0 spiro atoms. The van der Waals surface area contributed by atoms with E-state index >= 15 is 0 Å². The van der Waals surface area contributed by atoms with Gasteiger partial charge in [0, 0.05) is 5.56 Å². The van der Waals surface area contributed by atoms with Crippen molar-refractivity contribution >= 4 is 12.1 Å². The first-order chi connectivity index (χ1) is 8.79. The number of amides is 1. The summed E-state index contributed by atoms with van der Waals surface area (Å²) >= 11 is 0. The number of hydrazone groups is 1. The summed E-state index contributed by atoms with van der Waals surface area (Å²) in [6.45, 7) is 0. The number of hydrogen-bond acceptors (Lipinski definition) is 4. The van der Waals surface area contributed by atoms with Gasteiger partial charge in [0.25, 0.3) is 5.91 Å². The van der Waals surface area contributed by atoms with Gasteiger partial charge in [0.15, 0.2) is 0 Å². The smallest absolute Gasteiger partial charge is 0.271 e. The van der Waals surface area contributed by atoms with Crippen LogP contribution < -0.4 is 10.2 Å². The lowest BCUT2D eigenvalue weighted by molar-refractivity contribution is 0.0955. The molecule has 0 aliphatic carbocycles. The summed E-state index contributed by atoms with van der Waals surface area (Å²) in [5.41, 5.74) is 2.91. The van der Waals surface area contributed by atoms with E-state index in [-0.39, 0.29) is 5.91 Å². The third-order valence-corrected chi connectivity index (χ3v) is 2.25. The lowest BCUT2D eigenvalue weighted by Gasteiger charge is -2.01. The first-order valence-electron chi connectivity index (χ1n) is 5.30. The maximum Gasteiger partial charge on any atom is 0.271 e. The molecule has 0 unspecified atom stereocenters. The van der Waals surface area contributed by atoms with Gasteiger partial charge < -0.3 is 9.15 Å². The number of ether oxygens (including phenoxy) is 1. The molecule has 1 amide bonds. The van der Waals surface area contributed by atoms with E-state index in [1.54, 1.807) is 43.5 Å². The number of carbonyl (C=O) groups excluding carboxylic acids is 1. The van der Waals surface area contributed by atoms with Crippen LogP contribution in [0.1, 0.15) is 16.1 Å². The van der Waals surface area contributed by atoms with Crippen LogP contribution in [0.5, 0.6) is 5.75 Å². The molecule has 2 aromatic rings. The fourth-order valence-electron chi connectivity index (χ4n) is 1.33. The standard InChI is InChI=1S/C13H12N2O3/c1-17-11-6-4-10(5-7-11)13(16)15-14-9-12-3-2-8-18-12/h2-9H,1H3,(H,15,16)/b14-9-. The molecule has 0 aliphatic heterocycles. The minimum atomic E-state index is -0.291. The predicted octanol–water partition coefficient (Wildman–Crippen LogP) is 2.05. The maximum atomic E-state index is 11.7. The third-order valence-electron chi connectivity index (χ3n) is 2.25. The van der Waals surface area contributed by atoms with Gasteiger partial charge >= 0.3 is 0 Å². The van der Waals surface area contributed by atoms with Crippen LogP contribution in [-0.4, -0.2) is 19.2 Å². The second-order valence-corrected chi connectivity index (χ2v) is 3.44. The van der Waals surface area contributed by atoms with E-state index in [1.807, 2.05) is 0 Å². The summed E-state index contributed by atoms with van der Waals surface area (Å²) in [6.07, 6.45) is 2.97. The third kappa shape index (κ3) is 2.98. The van der Waals surface area contributed by atoms with Crippen molar-refractivity contribution in [3.05, 3.63) is 54.0 Å². The number of nitrogens with zero attached hydrogens (tertiary/aromatic N) is 1. The molecule has 18 heavy (non-hydrogen) atoms. The normalized spacial score (nSPS) is 10.5. The number of carbonyl (C=O) groups is 1. The summed E-state index contributed by atoms with van der Waals surface area (Å²) in [5, 5.41) is 3.78. The van der Waals surface area contributed by atoms with Gasteiger partial charge in [-0.3, -0.25) is 4.79 Å². The van der Waals surface area contributed by atoms with E-state index in [0.717, 1.165) is 0 Å². The summed E-state index contributed by atoms with van der Waals surface area (Å²) in [5.74, 6) is 0.983. The van der Waals surface area contributed by atoms with Crippen molar-refractivity contribution in [2.24, 2.45) is 5.10 Å². The van der Waals surface area contributed by atoms with Gasteiger partial charge in [-0.2, -0.15) is 5.10 Å². The zero-order valence-electron chi connectivity index (χ0n) is 9.79. The molecule has 1 aromatic heterocycles. The molecule has 0 saturated heterocycles. The Bertz CT molecular complexity index is 530. The Hall–Kier alpha value is -2.56. The molecule has 1 aromatic carbocycles. The number of benzene rings is 1. The lowest BCUT2D eigenvalue weighted by Crippen LogP contribution is -2.17. The zero-order chi connectivity index (χ0) is 12.8. The molecule has 2 rings (SSSR count). The van der Waals surface area contributed by atoms with Crippen molar-refractivity contribution < 1.29 is 13.9 Å². The number of furan rings is 1. The van der Waals surface area contributed by atoms with Crippen molar-refractivity contribution in [3.8, 4) is 5.75 Å². The van der Waals surface area contributed by atoms with Crippen LogP contribution in [0.15, 0.2) is 52.2 Å². The molecule has 5 nitrogen and oxygen atoms in total. The molecule has 0 fully saturated rings. The van der Waals surface area contributed by atoms with E-state index in [9.17, 15) is 4.79 Å². The summed E-state index contributed by atoms with van der Waals surface area (Å²) in [6, 6.07) is 10.2. The lowest BCUT2D eigenvalue weighted by atomic mass is 10.2. The van der Waals surface area contributed by atoms with Gasteiger partial charge in [-0.15, -0.1) is 0 Å². The molecule has 92 valence electrons. The predicted molar refractivity (Wildman–Crippen MR) is 66.8 cm³/mol. The van der Waals surface area contributed by atoms with E-state index in [4.69, 9.17) is 9.15 Å². The van der Waals surface area contributed by atoms with Crippen LogP contribution in [0.3, 0.4) is 0 Å². The van der Waals surface area contributed by atoms with Crippen molar-refractivity contribution in [2.45, 2.75) is 0 Å². The quantitative estimate of drug-likeness (QED) is 0.661. The average molecular weight is 244 g/mol. The van der Waals surface area contributed by atoms with E-state index in [2.05, 4.69) is 10.5 Å². The van der Waals surface area contributed by atoms with Crippen LogP contribution in [0.2, 0.25) is 0 Å². The first-order valence-corrected chi connectivity index (χ1v) is 5.30. The van der Waals surface area contributed by atoms with Crippen molar-refractivity contribution in [1.82, 2.24) is 5.43 Å². The Labute approximate surface area is 104 Å². The Balaban J connectivity index is 1.95. The highest BCUT2D eigenvalue weighted by atomic mass is 16.5. The Morgan fingerprint density at radius 3 is 2.72 bits per heavy atom. The van der Waals surface area contributed by atoms with Crippen LogP contribution in [-0.2, 0) is 0 Å². The molecular formula is C13H12N2O3. The molecule has 0 atom stereocenters. The fraction of sp³-hybridized carbons (Fsp3) is 0.0769. The SMILES string of the molecule is COc1ccc(C(=O)N/N=C\c2ccco2)cc1. The minimum absolute atomic E-state index is 0.291. The summed E-state index contributed by atoms with van der Waals surface area (Å²) in [7, 11) is 1.57. The Morgan fingerprint density at radius 1 is 1.33 bits per heavy atom. The van der Waals surface area contributed by atoms with Crippen LogP contribution in [0, 0.1) is 0 Å². The molecule has 1 N–H and O–H groups in total. The number of nitrogens with one attached hydrogen (secondary N) is 1. The maximum absolute atomic E-state index is 11.7. The van der Waals surface area contributed by atoms with Crippen molar-refractivity contribution in [1.29, 1.82) is 0 Å². The Kier molecular flexibility index (Phi) is 3.76. The van der Waals surface area contributed by atoms with Crippen LogP contribution in [0.4, 0.5) is 0 Å². The first kappa shape index (κ1) is 11.9. The average Bonchev–Trinajstić information content (AvgIpc) is 2.92. The second-order valence-electron chi connectivity index (χ2n) is 3.44.